The Morgan fingerprint density at radius 2 is 1.02 bits per heavy atom. The van der Waals surface area contributed by atoms with E-state index < -0.39 is 13.9 Å². The lowest BCUT2D eigenvalue weighted by molar-refractivity contribution is -0.154. The van der Waals surface area contributed by atoms with Gasteiger partial charge in [-0.15, -0.1) is 0 Å². The first kappa shape index (κ1) is 53.5. The number of nitrogens with two attached hydrogens (primary N) is 1. The van der Waals surface area contributed by atoms with Gasteiger partial charge in [0.05, 0.1) is 19.8 Å². The highest BCUT2D eigenvalue weighted by atomic mass is 31.2. The molecule has 0 spiro atoms. The molecule has 8 nitrogen and oxygen atoms in total. The fourth-order valence-corrected chi connectivity index (χ4v) is 6.99. The van der Waals surface area contributed by atoms with Crippen molar-refractivity contribution in [3.05, 3.63) is 48.6 Å². The van der Waals surface area contributed by atoms with E-state index >= 15 is 0 Å². The summed E-state index contributed by atoms with van der Waals surface area (Å²) in [6, 6.07) is 0. The molecule has 0 aromatic heterocycles. The number of rotatable bonds is 43. The van der Waals surface area contributed by atoms with Crippen LogP contribution >= 0.6 is 7.82 Å². The van der Waals surface area contributed by atoms with E-state index in [2.05, 4.69) is 62.5 Å². The summed E-state index contributed by atoms with van der Waals surface area (Å²) in [6.45, 7) is 4.78. The van der Waals surface area contributed by atoms with Crippen LogP contribution in [0.5, 0.6) is 0 Å². The molecule has 0 saturated carbocycles. The van der Waals surface area contributed by atoms with Crippen LogP contribution in [0.2, 0.25) is 0 Å². The van der Waals surface area contributed by atoms with Gasteiger partial charge in [-0.2, -0.15) is 0 Å². The van der Waals surface area contributed by atoms with Gasteiger partial charge in [0.2, 0.25) is 0 Å². The van der Waals surface area contributed by atoms with Crippen LogP contribution in [0.1, 0.15) is 200 Å². The molecule has 0 aliphatic rings. The SMILES string of the molecule is CC/C=C\C/C=C\C/C=C\C/C=C\CCCCCCCOCC(COP(=O)(O)OCCN)OC(=O)CCCCCCCCCCCCCCCCCCCC. The van der Waals surface area contributed by atoms with Gasteiger partial charge in [0.25, 0.3) is 0 Å². The molecule has 9 heteroatoms. The third kappa shape index (κ3) is 43.4. The molecule has 0 aromatic rings. The number of carbonyl (C=O) groups is 1. The first-order chi connectivity index (χ1) is 26.9. The van der Waals surface area contributed by atoms with Crippen LogP contribution in [-0.4, -0.2) is 49.9 Å². The summed E-state index contributed by atoms with van der Waals surface area (Å²) in [6.07, 6.45) is 51.3. The highest BCUT2D eigenvalue weighted by molar-refractivity contribution is 7.47. The molecule has 55 heavy (non-hydrogen) atoms. The molecule has 2 atom stereocenters. The monoisotopic (exact) mass is 796 g/mol. The summed E-state index contributed by atoms with van der Waals surface area (Å²) in [7, 11) is -4.28. The Bertz CT molecular complexity index is 983. The van der Waals surface area contributed by atoms with Crippen LogP contribution in [0, 0.1) is 0 Å². The number of ether oxygens (including phenoxy) is 2. The number of hydrogen-bond donors (Lipinski definition) is 2. The normalized spacial score (nSPS) is 13.9. The van der Waals surface area contributed by atoms with E-state index in [4.69, 9.17) is 24.3 Å². The van der Waals surface area contributed by atoms with Crippen molar-refractivity contribution in [3.63, 3.8) is 0 Å². The van der Waals surface area contributed by atoms with Crippen LogP contribution in [0.25, 0.3) is 0 Å². The van der Waals surface area contributed by atoms with Gasteiger partial charge >= 0.3 is 13.8 Å². The lowest BCUT2D eigenvalue weighted by atomic mass is 10.0. The molecule has 0 saturated heterocycles. The van der Waals surface area contributed by atoms with Crippen LogP contribution in [-0.2, 0) is 27.9 Å². The quantitative estimate of drug-likeness (QED) is 0.0271. The molecule has 2 unspecified atom stereocenters. The summed E-state index contributed by atoms with van der Waals surface area (Å²) in [5, 5.41) is 0. The van der Waals surface area contributed by atoms with E-state index in [0.717, 1.165) is 70.6 Å². The average Bonchev–Trinajstić information content (AvgIpc) is 3.17. The highest BCUT2D eigenvalue weighted by Gasteiger charge is 2.25. The lowest BCUT2D eigenvalue weighted by Crippen LogP contribution is -2.28. The molecule has 0 aliphatic carbocycles. The molecule has 0 heterocycles. The predicted octanol–water partition coefficient (Wildman–Crippen LogP) is 13.6. The number of carbonyl (C=O) groups excluding carboxylic acids is 1. The summed E-state index contributed by atoms with van der Waals surface area (Å²) in [4.78, 5) is 22.5. The van der Waals surface area contributed by atoms with E-state index in [1.165, 1.54) is 109 Å². The minimum atomic E-state index is -4.28. The maximum atomic E-state index is 12.6. The van der Waals surface area contributed by atoms with Crippen molar-refractivity contribution >= 4 is 13.8 Å². The summed E-state index contributed by atoms with van der Waals surface area (Å²) < 4.78 is 33.5. The third-order valence-electron chi connectivity index (χ3n) is 9.51. The Morgan fingerprint density at radius 1 is 0.564 bits per heavy atom. The van der Waals surface area contributed by atoms with Gasteiger partial charge in [0, 0.05) is 19.6 Å². The molecule has 322 valence electrons. The highest BCUT2D eigenvalue weighted by Crippen LogP contribution is 2.43. The van der Waals surface area contributed by atoms with Gasteiger partial charge in [0.15, 0.2) is 0 Å². The van der Waals surface area contributed by atoms with Crippen molar-refractivity contribution < 1.29 is 32.8 Å². The number of allylic oxidation sites excluding steroid dienone is 8. The zero-order chi connectivity index (χ0) is 40.2. The lowest BCUT2D eigenvalue weighted by Gasteiger charge is -2.20. The largest absolute Gasteiger partial charge is 0.472 e. The summed E-state index contributed by atoms with van der Waals surface area (Å²) >= 11 is 0. The van der Waals surface area contributed by atoms with Gasteiger partial charge in [-0.25, -0.2) is 4.57 Å². The molecule has 0 fully saturated rings. The summed E-state index contributed by atoms with van der Waals surface area (Å²) in [5.74, 6) is -0.336. The van der Waals surface area contributed by atoms with Crippen LogP contribution in [0.3, 0.4) is 0 Å². The van der Waals surface area contributed by atoms with E-state index in [9.17, 15) is 14.3 Å². The first-order valence-corrected chi connectivity index (χ1v) is 24.1. The zero-order valence-electron chi connectivity index (χ0n) is 35.7. The average molecular weight is 796 g/mol. The molecule has 0 aliphatic heterocycles. The number of phosphoric ester groups is 1. The minimum Gasteiger partial charge on any atom is -0.457 e. The Morgan fingerprint density at radius 3 is 1.53 bits per heavy atom. The van der Waals surface area contributed by atoms with E-state index in [1.54, 1.807) is 0 Å². The molecule has 3 N–H and O–H groups in total. The van der Waals surface area contributed by atoms with Crippen LogP contribution in [0.15, 0.2) is 48.6 Å². The second-order valence-electron chi connectivity index (χ2n) is 14.9. The number of phosphoric acid groups is 1. The second kappa shape index (κ2) is 43.6. The molecule has 0 aromatic carbocycles. The fraction of sp³-hybridized carbons (Fsp3) is 0.804. The maximum absolute atomic E-state index is 12.6. The first-order valence-electron chi connectivity index (χ1n) is 22.6. The molecular formula is C46H86NO7P. The topological polar surface area (TPSA) is 117 Å². The number of unbranched alkanes of at least 4 members (excludes halogenated alkanes) is 22. The second-order valence-corrected chi connectivity index (χ2v) is 16.3. The summed E-state index contributed by atoms with van der Waals surface area (Å²) in [5.41, 5.74) is 5.37. The van der Waals surface area contributed by atoms with E-state index in [0.29, 0.717) is 13.0 Å². The van der Waals surface area contributed by atoms with E-state index in [-0.39, 0.29) is 32.3 Å². The predicted molar refractivity (Wildman–Crippen MR) is 233 cm³/mol. The van der Waals surface area contributed by atoms with Crippen molar-refractivity contribution in [3.8, 4) is 0 Å². The van der Waals surface area contributed by atoms with Crippen LogP contribution < -0.4 is 5.73 Å². The van der Waals surface area contributed by atoms with Crippen molar-refractivity contribution in [1.29, 1.82) is 0 Å². The van der Waals surface area contributed by atoms with Crippen molar-refractivity contribution in [2.45, 2.75) is 206 Å². The number of hydrogen-bond acceptors (Lipinski definition) is 7. The van der Waals surface area contributed by atoms with Gasteiger partial charge in [0.1, 0.15) is 6.10 Å². The standard InChI is InChI=1S/C46H86NO7P/c1-3-5-7-9-11-13-15-17-19-21-23-25-27-29-31-33-35-37-39-46(48)54-45(44-53-55(49,50)52-42-40-47)43-51-41-38-36-34-32-30-28-26-24-22-20-18-16-14-12-10-8-6-4-2/h6,8,12,14,18,20,24,26,45H,3-5,7,9-11,13,15-17,19,21-23,25,27-44,47H2,1-2H3,(H,49,50)/b8-6-,14-12-,20-18-,26-24-. The van der Waals surface area contributed by atoms with Gasteiger partial charge in [-0.05, 0) is 51.4 Å². The van der Waals surface area contributed by atoms with Crippen molar-refractivity contribution in [2.24, 2.45) is 5.73 Å². The Balaban J connectivity index is 4.03. The molecule has 0 rings (SSSR count). The van der Waals surface area contributed by atoms with E-state index in [1.807, 2.05) is 0 Å². The zero-order valence-corrected chi connectivity index (χ0v) is 36.6. The minimum absolute atomic E-state index is 0.0965. The van der Waals surface area contributed by atoms with Gasteiger partial charge < -0.3 is 20.1 Å². The molecular weight excluding hydrogens is 709 g/mol. The maximum Gasteiger partial charge on any atom is 0.472 e. The number of esters is 1. The smallest absolute Gasteiger partial charge is 0.457 e. The third-order valence-corrected chi connectivity index (χ3v) is 10.5. The molecule has 0 radical (unpaired) electrons. The molecule has 0 amide bonds. The fourth-order valence-electron chi connectivity index (χ4n) is 6.22. The molecule has 0 bridgehead atoms. The van der Waals surface area contributed by atoms with Gasteiger partial charge in [-0.3, -0.25) is 13.8 Å². The Hall–Kier alpha value is -1.54. The van der Waals surface area contributed by atoms with Crippen molar-refractivity contribution in [1.82, 2.24) is 0 Å². The Kier molecular flexibility index (Phi) is 42.4. The van der Waals surface area contributed by atoms with Crippen molar-refractivity contribution in [2.75, 3.05) is 33.0 Å². The Labute approximate surface area is 339 Å². The van der Waals surface area contributed by atoms with Gasteiger partial charge in [-0.1, -0.05) is 191 Å². The van der Waals surface area contributed by atoms with Crippen LogP contribution in [0.4, 0.5) is 0 Å².